The highest BCUT2D eigenvalue weighted by Crippen LogP contribution is 2.25. The van der Waals surface area contributed by atoms with Gasteiger partial charge in [0, 0.05) is 11.4 Å². The average molecular weight is 283 g/mol. The minimum absolute atomic E-state index is 0.827. The monoisotopic (exact) mass is 283 g/mol. The zero-order valence-electron chi connectivity index (χ0n) is 11.7. The lowest BCUT2D eigenvalue weighted by atomic mass is 9.94. The summed E-state index contributed by atoms with van der Waals surface area (Å²) in [5.41, 5.74) is 2.65. The van der Waals surface area contributed by atoms with Gasteiger partial charge in [0.15, 0.2) is 0 Å². The van der Waals surface area contributed by atoms with Crippen molar-refractivity contribution in [2.24, 2.45) is 5.92 Å². The predicted molar refractivity (Wildman–Crippen MR) is 87.9 cm³/mol. The molecule has 0 saturated heterocycles. The molecule has 1 unspecified atom stereocenters. The highest BCUT2D eigenvalue weighted by atomic mass is 32.1. The largest absolute Gasteiger partial charge is 0.312 e. The molecule has 1 aromatic carbocycles. The Kier molecular flexibility index (Phi) is 4.67. The molecule has 0 radical (unpaired) electrons. The van der Waals surface area contributed by atoms with Gasteiger partial charge in [0.25, 0.3) is 0 Å². The Labute approximate surface area is 125 Å². The van der Waals surface area contributed by atoms with Gasteiger partial charge in [-0.05, 0) is 54.3 Å². The molecule has 0 amide bonds. The lowest BCUT2D eigenvalue weighted by Gasteiger charge is -2.17. The average Bonchev–Trinajstić information content (AvgIpc) is 2.98. The maximum atomic E-state index is 3.61. The Morgan fingerprint density at radius 2 is 2.00 bits per heavy atom. The molecule has 1 atom stereocenters. The molecular formula is C18H21NS. The van der Waals surface area contributed by atoms with E-state index < -0.39 is 0 Å². The van der Waals surface area contributed by atoms with Crippen molar-refractivity contribution in [1.29, 1.82) is 0 Å². The molecule has 1 heterocycles. The van der Waals surface area contributed by atoms with E-state index in [0.29, 0.717) is 0 Å². The second-order valence-electron chi connectivity index (χ2n) is 5.45. The van der Waals surface area contributed by atoms with Crippen LogP contribution in [0.3, 0.4) is 0 Å². The van der Waals surface area contributed by atoms with Gasteiger partial charge in [-0.3, -0.25) is 0 Å². The van der Waals surface area contributed by atoms with E-state index in [4.69, 9.17) is 0 Å². The van der Waals surface area contributed by atoms with Crippen molar-refractivity contribution in [3.8, 4) is 11.1 Å². The fourth-order valence-electron chi connectivity index (χ4n) is 2.70. The summed E-state index contributed by atoms with van der Waals surface area (Å²) in [7, 11) is 0. The van der Waals surface area contributed by atoms with Gasteiger partial charge in [-0.25, -0.2) is 0 Å². The highest BCUT2D eigenvalue weighted by molar-refractivity contribution is 7.10. The summed E-state index contributed by atoms with van der Waals surface area (Å²) >= 11 is 1.85. The van der Waals surface area contributed by atoms with Crippen LogP contribution in [0.15, 0.2) is 53.9 Å². The lowest BCUT2D eigenvalue weighted by molar-refractivity contribution is 0.441. The van der Waals surface area contributed by atoms with E-state index in [1.54, 1.807) is 0 Å². The van der Waals surface area contributed by atoms with Crippen LogP contribution in [0, 0.1) is 5.92 Å². The molecule has 2 heteroatoms. The Balaban J connectivity index is 1.51. The van der Waals surface area contributed by atoms with Gasteiger partial charge in [0.05, 0.1) is 0 Å². The maximum absolute atomic E-state index is 3.61. The Hall–Kier alpha value is -1.38. The number of nitrogens with one attached hydrogen (secondary N) is 1. The minimum Gasteiger partial charge on any atom is -0.312 e. The van der Waals surface area contributed by atoms with Crippen molar-refractivity contribution in [2.75, 3.05) is 6.54 Å². The van der Waals surface area contributed by atoms with Gasteiger partial charge in [-0.2, -0.15) is 0 Å². The fraction of sp³-hybridized carbons (Fsp3) is 0.333. The molecule has 0 saturated carbocycles. The molecular weight excluding hydrogens is 262 g/mol. The van der Waals surface area contributed by atoms with Crippen LogP contribution in [-0.2, 0) is 6.54 Å². The van der Waals surface area contributed by atoms with E-state index in [1.165, 1.54) is 35.3 Å². The highest BCUT2D eigenvalue weighted by Gasteiger charge is 2.09. The molecule has 3 rings (SSSR count). The summed E-state index contributed by atoms with van der Waals surface area (Å²) in [6, 6.07) is 12.9. The second-order valence-corrected chi connectivity index (χ2v) is 6.44. The van der Waals surface area contributed by atoms with Crippen molar-refractivity contribution >= 4 is 11.3 Å². The van der Waals surface area contributed by atoms with E-state index >= 15 is 0 Å². The number of hydrogen-bond acceptors (Lipinski definition) is 2. The first-order chi connectivity index (χ1) is 9.92. The Morgan fingerprint density at radius 3 is 2.80 bits per heavy atom. The molecule has 0 bridgehead atoms. The summed E-state index contributed by atoms with van der Waals surface area (Å²) in [5.74, 6) is 0.827. The summed E-state index contributed by atoms with van der Waals surface area (Å²) in [6.45, 7) is 2.14. The lowest BCUT2D eigenvalue weighted by Crippen LogP contribution is -2.22. The van der Waals surface area contributed by atoms with Gasteiger partial charge in [0.1, 0.15) is 0 Å². The Morgan fingerprint density at radius 1 is 1.10 bits per heavy atom. The SMILES string of the molecule is C1=CCC(CNCc2cc(-c3ccccc3)cs2)CC1. The number of benzene rings is 1. The quantitative estimate of drug-likeness (QED) is 0.773. The third-order valence-corrected chi connectivity index (χ3v) is 4.81. The topological polar surface area (TPSA) is 12.0 Å². The predicted octanol–water partition coefficient (Wildman–Crippen LogP) is 4.86. The first kappa shape index (κ1) is 13.6. The van der Waals surface area contributed by atoms with Crippen molar-refractivity contribution in [3.63, 3.8) is 0 Å². The molecule has 0 fully saturated rings. The standard InChI is InChI=1S/C18H21NS/c1-3-7-15(8-4-1)12-19-13-18-11-17(14-20-18)16-9-5-2-6-10-16/h1-3,5-6,9-11,14-15,19H,4,7-8,12-13H2. The first-order valence-corrected chi connectivity index (χ1v) is 8.28. The van der Waals surface area contributed by atoms with Crippen LogP contribution >= 0.6 is 11.3 Å². The zero-order chi connectivity index (χ0) is 13.6. The normalized spacial score (nSPS) is 18.3. The van der Waals surface area contributed by atoms with Crippen LogP contribution in [-0.4, -0.2) is 6.54 Å². The van der Waals surface area contributed by atoms with E-state index in [-0.39, 0.29) is 0 Å². The molecule has 1 aromatic heterocycles. The van der Waals surface area contributed by atoms with Crippen molar-refractivity contribution in [3.05, 3.63) is 58.8 Å². The van der Waals surface area contributed by atoms with Crippen LogP contribution in [0.1, 0.15) is 24.1 Å². The molecule has 20 heavy (non-hydrogen) atoms. The van der Waals surface area contributed by atoms with E-state index in [9.17, 15) is 0 Å². The van der Waals surface area contributed by atoms with E-state index in [1.807, 2.05) is 11.3 Å². The van der Waals surface area contributed by atoms with E-state index in [2.05, 4.69) is 59.2 Å². The number of rotatable bonds is 5. The molecule has 104 valence electrons. The molecule has 2 aromatic rings. The van der Waals surface area contributed by atoms with Gasteiger partial charge in [0.2, 0.25) is 0 Å². The smallest absolute Gasteiger partial charge is 0.0300 e. The third kappa shape index (κ3) is 3.59. The van der Waals surface area contributed by atoms with Crippen LogP contribution in [0.5, 0.6) is 0 Å². The number of allylic oxidation sites excluding steroid dienone is 2. The summed E-state index contributed by atoms with van der Waals surface area (Å²) in [6.07, 6.45) is 8.47. The van der Waals surface area contributed by atoms with Crippen molar-refractivity contribution in [2.45, 2.75) is 25.8 Å². The van der Waals surface area contributed by atoms with Crippen LogP contribution in [0.25, 0.3) is 11.1 Å². The van der Waals surface area contributed by atoms with Gasteiger partial charge in [-0.15, -0.1) is 11.3 Å². The summed E-state index contributed by atoms with van der Waals surface area (Å²) in [5, 5.41) is 5.87. The fourth-order valence-corrected chi connectivity index (χ4v) is 3.56. The van der Waals surface area contributed by atoms with Gasteiger partial charge < -0.3 is 5.32 Å². The van der Waals surface area contributed by atoms with Crippen LogP contribution in [0.2, 0.25) is 0 Å². The first-order valence-electron chi connectivity index (χ1n) is 7.40. The third-order valence-electron chi connectivity index (χ3n) is 3.87. The molecule has 1 aliphatic carbocycles. The zero-order valence-corrected chi connectivity index (χ0v) is 12.5. The van der Waals surface area contributed by atoms with Crippen molar-refractivity contribution < 1.29 is 0 Å². The molecule has 0 spiro atoms. The molecule has 1 N–H and O–H groups in total. The summed E-state index contributed by atoms with van der Waals surface area (Å²) < 4.78 is 0. The maximum Gasteiger partial charge on any atom is 0.0300 e. The van der Waals surface area contributed by atoms with Crippen LogP contribution in [0.4, 0.5) is 0 Å². The van der Waals surface area contributed by atoms with Gasteiger partial charge in [-0.1, -0.05) is 42.5 Å². The Bertz CT molecular complexity index is 556. The second kappa shape index (κ2) is 6.87. The molecule has 1 nitrogen and oxygen atoms in total. The van der Waals surface area contributed by atoms with E-state index in [0.717, 1.165) is 19.0 Å². The summed E-state index contributed by atoms with van der Waals surface area (Å²) in [4.78, 5) is 1.43. The van der Waals surface area contributed by atoms with Crippen molar-refractivity contribution in [1.82, 2.24) is 5.32 Å². The number of hydrogen-bond donors (Lipinski definition) is 1. The van der Waals surface area contributed by atoms with Crippen LogP contribution < -0.4 is 5.32 Å². The molecule has 1 aliphatic rings. The molecule has 0 aliphatic heterocycles. The number of thiophene rings is 1. The van der Waals surface area contributed by atoms with Gasteiger partial charge >= 0.3 is 0 Å². The minimum atomic E-state index is 0.827.